The van der Waals surface area contributed by atoms with Crippen molar-refractivity contribution in [2.75, 3.05) is 31.9 Å². The highest BCUT2D eigenvalue weighted by atomic mass is 35.5. The molecule has 0 aliphatic carbocycles. The number of fused-ring (bicyclic) bond motifs is 1. The summed E-state index contributed by atoms with van der Waals surface area (Å²) < 4.78 is 29.0. The van der Waals surface area contributed by atoms with Crippen molar-refractivity contribution in [1.29, 1.82) is 0 Å². The SMILES string of the molecule is CC(C)CN(C[C@H](O)[C@H](Cc1ccccc1)NC(=O)[C@H](C(C)C)N1CCN(Cc2ccnc3ccccc23)C1=O)S(=O)(=O)c1ccc(Cl)c(N)c1. The van der Waals surface area contributed by atoms with Gasteiger partial charge in [-0.25, -0.2) is 13.2 Å². The largest absolute Gasteiger partial charge is 0.397 e. The Morgan fingerprint density at radius 1 is 1.00 bits per heavy atom. The van der Waals surface area contributed by atoms with E-state index in [0.717, 1.165) is 22.0 Å². The van der Waals surface area contributed by atoms with Gasteiger partial charge < -0.3 is 26.0 Å². The normalized spacial score (nSPS) is 15.6. The molecule has 1 aliphatic rings. The third-order valence-electron chi connectivity index (χ3n) is 9.12. The lowest BCUT2D eigenvalue weighted by Gasteiger charge is -2.34. The monoisotopic (exact) mass is 734 g/mol. The Bertz CT molecular complexity index is 1940. The number of nitrogens with two attached hydrogens (primary N) is 1. The molecule has 13 heteroatoms. The summed E-state index contributed by atoms with van der Waals surface area (Å²) in [5.41, 5.74) is 8.73. The molecule has 5 rings (SSSR count). The van der Waals surface area contributed by atoms with E-state index >= 15 is 0 Å². The lowest BCUT2D eigenvalue weighted by Crippen LogP contribution is -2.57. The summed E-state index contributed by atoms with van der Waals surface area (Å²) in [6.07, 6.45) is 0.666. The first-order valence-electron chi connectivity index (χ1n) is 17.2. The van der Waals surface area contributed by atoms with E-state index in [2.05, 4.69) is 10.3 Å². The topological polar surface area (TPSA) is 149 Å². The molecule has 2 heterocycles. The molecule has 0 bridgehead atoms. The number of aliphatic hydroxyl groups excluding tert-OH is 1. The van der Waals surface area contributed by atoms with E-state index in [4.69, 9.17) is 17.3 Å². The van der Waals surface area contributed by atoms with Crippen LogP contribution < -0.4 is 11.1 Å². The van der Waals surface area contributed by atoms with E-state index in [1.165, 1.54) is 22.5 Å². The predicted molar refractivity (Wildman–Crippen MR) is 200 cm³/mol. The van der Waals surface area contributed by atoms with Gasteiger partial charge in [-0.2, -0.15) is 4.31 Å². The van der Waals surface area contributed by atoms with Gasteiger partial charge in [0.05, 0.1) is 33.3 Å². The minimum absolute atomic E-state index is 0.0439. The number of para-hydroxylation sites is 1. The molecule has 0 spiro atoms. The molecule has 3 amide bonds. The zero-order valence-electron chi connectivity index (χ0n) is 29.4. The average molecular weight is 735 g/mol. The first-order valence-corrected chi connectivity index (χ1v) is 19.0. The molecule has 0 radical (unpaired) electrons. The lowest BCUT2D eigenvalue weighted by molar-refractivity contribution is -0.128. The number of aliphatic hydroxyl groups is 1. The van der Waals surface area contributed by atoms with Gasteiger partial charge in [0.1, 0.15) is 6.04 Å². The number of pyridine rings is 1. The van der Waals surface area contributed by atoms with Gasteiger partial charge in [-0.15, -0.1) is 0 Å². The number of sulfonamides is 1. The first-order chi connectivity index (χ1) is 24.3. The van der Waals surface area contributed by atoms with Crippen LogP contribution in [-0.2, 0) is 27.8 Å². The number of amides is 3. The van der Waals surface area contributed by atoms with Crippen LogP contribution in [0.3, 0.4) is 0 Å². The van der Waals surface area contributed by atoms with Crippen LogP contribution in [-0.4, -0.2) is 88.9 Å². The number of rotatable bonds is 15. The molecule has 11 nitrogen and oxygen atoms in total. The molecule has 4 N–H and O–H groups in total. The number of urea groups is 1. The number of carbonyl (C=O) groups is 2. The number of benzene rings is 3. The number of nitrogens with one attached hydrogen (secondary N) is 1. The zero-order chi connectivity index (χ0) is 36.9. The van der Waals surface area contributed by atoms with Gasteiger partial charge in [-0.05, 0) is 59.7 Å². The van der Waals surface area contributed by atoms with Crippen molar-refractivity contribution in [3.8, 4) is 0 Å². The maximum Gasteiger partial charge on any atom is 0.321 e. The molecule has 4 aromatic rings. The van der Waals surface area contributed by atoms with Gasteiger partial charge >= 0.3 is 6.03 Å². The van der Waals surface area contributed by atoms with E-state index in [9.17, 15) is 23.1 Å². The van der Waals surface area contributed by atoms with Gasteiger partial charge in [-0.1, -0.05) is 87.8 Å². The van der Waals surface area contributed by atoms with E-state index in [0.29, 0.717) is 19.6 Å². The minimum Gasteiger partial charge on any atom is -0.397 e. The fourth-order valence-electron chi connectivity index (χ4n) is 6.57. The van der Waals surface area contributed by atoms with Crippen molar-refractivity contribution in [3.05, 3.63) is 101 Å². The Labute approximate surface area is 305 Å². The summed E-state index contributed by atoms with van der Waals surface area (Å²) >= 11 is 6.07. The van der Waals surface area contributed by atoms with Crippen LogP contribution in [0.4, 0.5) is 10.5 Å². The summed E-state index contributed by atoms with van der Waals surface area (Å²) in [4.78, 5) is 35.8. The van der Waals surface area contributed by atoms with E-state index < -0.39 is 34.1 Å². The molecule has 1 saturated heterocycles. The average Bonchev–Trinajstić information content (AvgIpc) is 3.44. The van der Waals surface area contributed by atoms with Crippen molar-refractivity contribution in [1.82, 2.24) is 24.4 Å². The minimum atomic E-state index is -4.10. The second kappa shape index (κ2) is 16.4. The number of aromatic nitrogens is 1. The van der Waals surface area contributed by atoms with Crippen molar-refractivity contribution in [2.24, 2.45) is 11.8 Å². The molecule has 3 atom stereocenters. The number of hydrogen-bond acceptors (Lipinski definition) is 7. The van der Waals surface area contributed by atoms with Gasteiger partial charge in [0.15, 0.2) is 0 Å². The predicted octanol–water partition coefficient (Wildman–Crippen LogP) is 5.17. The molecule has 3 aromatic carbocycles. The third-order valence-corrected chi connectivity index (χ3v) is 11.3. The van der Waals surface area contributed by atoms with Crippen LogP contribution >= 0.6 is 11.6 Å². The smallest absolute Gasteiger partial charge is 0.321 e. The van der Waals surface area contributed by atoms with Crippen LogP contribution in [0, 0.1) is 11.8 Å². The molecular weight excluding hydrogens is 688 g/mol. The number of hydrogen-bond donors (Lipinski definition) is 3. The van der Waals surface area contributed by atoms with Crippen molar-refractivity contribution < 1.29 is 23.1 Å². The summed E-state index contributed by atoms with van der Waals surface area (Å²) in [6, 6.07) is 21.2. The van der Waals surface area contributed by atoms with Gasteiger partial charge in [-0.3, -0.25) is 9.78 Å². The van der Waals surface area contributed by atoms with Crippen molar-refractivity contribution in [2.45, 2.75) is 63.7 Å². The summed E-state index contributed by atoms with van der Waals surface area (Å²) in [5.74, 6) is -0.741. The second-order valence-corrected chi connectivity index (χ2v) is 16.2. The van der Waals surface area contributed by atoms with Gasteiger partial charge in [0.2, 0.25) is 15.9 Å². The van der Waals surface area contributed by atoms with Gasteiger partial charge in [0.25, 0.3) is 0 Å². The van der Waals surface area contributed by atoms with Gasteiger partial charge in [0, 0.05) is 44.3 Å². The van der Waals surface area contributed by atoms with E-state index in [1.54, 1.807) is 16.0 Å². The third kappa shape index (κ3) is 8.99. The zero-order valence-corrected chi connectivity index (χ0v) is 31.0. The highest BCUT2D eigenvalue weighted by Gasteiger charge is 2.40. The maximum absolute atomic E-state index is 14.2. The number of nitrogen functional groups attached to an aromatic ring is 1. The molecular formula is C38H47ClN6O5S. The molecule has 1 fully saturated rings. The van der Waals surface area contributed by atoms with Crippen molar-refractivity contribution >= 4 is 50.2 Å². The highest BCUT2D eigenvalue weighted by Crippen LogP contribution is 2.27. The maximum atomic E-state index is 14.2. The Morgan fingerprint density at radius 2 is 1.71 bits per heavy atom. The molecule has 272 valence electrons. The van der Waals surface area contributed by atoms with Crippen LogP contribution in [0.1, 0.15) is 38.8 Å². The first kappa shape index (κ1) is 38.0. The van der Waals surface area contributed by atoms with Crippen molar-refractivity contribution in [3.63, 3.8) is 0 Å². The second-order valence-electron chi connectivity index (χ2n) is 13.8. The Balaban J connectivity index is 1.37. The Kier molecular flexibility index (Phi) is 12.2. The standard InChI is InChI=1S/C38H47ClN6O5S/c1-25(2)22-44(51(49,50)29-14-15-31(39)32(40)21-29)24-35(46)34(20-27-10-6-5-7-11-27)42-37(47)36(26(3)4)45-19-18-43(38(45)48)23-28-16-17-41-33-13-9-8-12-30(28)33/h5-17,21,25-26,34-36,46H,18-20,22-24,40H2,1-4H3,(H,42,47)/t34-,35-,36-/m0/s1. The highest BCUT2D eigenvalue weighted by molar-refractivity contribution is 7.89. The quantitative estimate of drug-likeness (QED) is 0.143. The fourth-order valence-corrected chi connectivity index (χ4v) is 8.35. The van der Waals surface area contributed by atoms with Crippen LogP contribution in [0.2, 0.25) is 5.02 Å². The van der Waals surface area contributed by atoms with E-state index in [1.807, 2.05) is 88.4 Å². The molecule has 1 aliphatic heterocycles. The Hall–Kier alpha value is -4.23. The van der Waals surface area contributed by atoms with Crippen LogP contribution in [0.15, 0.2) is 90.0 Å². The molecule has 0 unspecified atom stereocenters. The van der Waals surface area contributed by atoms with Crippen LogP contribution in [0.25, 0.3) is 10.9 Å². The number of anilines is 1. The summed E-state index contributed by atoms with van der Waals surface area (Å²) in [6.45, 7) is 8.54. The Morgan fingerprint density at radius 3 is 2.39 bits per heavy atom. The summed E-state index contributed by atoms with van der Waals surface area (Å²) in [5, 5.41) is 16.0. The van der Waals surface area contributed by atoms with Crippen LogP contribution in [0.5, 0.6) is 0 Å². The molecule has 51 heavy (non-hydrogen) atoms. The number of halogens is 1. The molecule has 1 aromatic heterocycles. The van der Waals surface area contributed by atoms with E-state index in [-0.39, 0.29) is 53.0 Å². The molecule has 0 saturated carbocycles. The number of carbonyl (C=O) groups excluding carboxylic acids is 2. The summed E-state index contributed by atoms with van der Waals surface area (Å²) in [7, 11) is -4.10. The number of nitrogens with zero attached hydrogens (tertiary/aromatic N) is 4. The lowest BCUT2D eigenvalue weighted by atomic mass is 9.97. The fraction of sp³-hybridized carbons (Fsp3) is 0.395.